The third-order valence-electron chi connectivity index (χ3n) is 5.76. The maximum atomic E-state index is 12.5. The van der Waals surface area contributed by atoms with Crippen molar-refractivity contribution in [3.63, 3.8) is 0 Å². The number of rotatable bonds is 2. The molecule has 0 saturated carbocycles. The number of carbonyl (C=O) groups is 2. The normalized spacial score (nSPS) is 22.4. The number of halogens is 1. The highest BCUT2D eigenvalue weighted by molar-refractivity contribution is 9.10. The van der Waals surface area contributed by atoms with Gasteiger partial charge in [-0.05, 0) is 60.6 Å². The van der Waals surface area contributed by atoms with Gasteiger partial charge < -0.3 is 19.7 Å². The number of carbonyl (C=O) groups excluding carboxylic acids is 2. The molecule has 1 saturated heterocycles. The summed E-state index contributed by atoms with van der Waals surface area (Å²) in [6.07, 6.45) is 5.12. The Labute approximate surface area is 200 Å². The number of cyclic esters (lactones) is 1. The first-order valence-electron chi connectivity index (χ1n) is 11.7. The zero-order valence-corrected chi connectivity index (χ0v) is 21.2. The Morgan fingerprint density at radius 2 is 1.94 bits per heavy atom. The molecule has 3 rings (SSSR count). The zero-order chi connectivity index (χ0) is 23.5. The minimum atomic E-state index is -0.562. The van der Waals surface area contributed by atoms with E-state index in [0.29, 0.717) is 19.6 Å². The summed E-state index contributed by atoms with van der Waals surface area (Å²) in [5.74, 6) is -0.0997. The van der Waals surface area contributed by atoms with Crippen LogP contribution in [0, 0.1) is 0 Å². The number of allylic oxidation sites excluding steroid dienone is 1. The average Bonchev–Trinajstić information content (AvgIpc) is 3.21. The summed E-state index contributed by atoms with van der Waals surface area (Å²) >= 11 is 3.57. The van der Waals surface area contributed by atoms with Gasteiger partial charge in [-0.2, -0.15) is 0 Å². The fraction of sp³-hybridized carbons (Fsp3) is 0.600. The lowest BCUT2D eigenvalue weighted by molar-refractivity contribution is -0.131. The van der Waals surface area contributed by atoms with Crippen LogP contribution in [0.3, 0.4) is 0 Å². The smallest absolute Gasteiger partial charge is 0.407 e. The Bertz CT molecular complexity index is 781. The Balaban J connectivity index is 0.000000837. The summed E-state index contributed by atoms with van der Waals surface area (Å²) in [5, 5.41) is 2.56. The molecule has 1 N–H and O–H groups in total. The van der Waals surface area contributed by atoms with E-state index in [4.69, 9.17) is 9.47 Å². The molecule has 2 aliphatic heterocycles. The summed E-state index contributed by atoms with van der Waals surface area (Å²) in [4.78, 5) is 26.2. The van der Waals surface area contributed by atoms with Crippen LogP contribution in [0.15, 0.2) is 29.3 Å². The SMILES string of the molecule is C=C1CCCOC(=O)NCC(=O)N2C[C@@H](CC2CC)OCc2cc(Br)cc1c2.CCCC. The van der Waals surface area contributed by atoms with E-state index in [1.807, 2.05) is 17.0 Å². The van der Waals surface area contributed by atoms with E-state index in [1.165, 1.54) is 12.8 Å². The molecule has 0 radical (unpaired) electrons. The van der Waals surface area contributed by atoms with Gasteiger partial charge in [-0.1, -0.05) is 56.1 Å². The first-order chi connectivity index (χ1) is 15.4. The molecule has 0 spiro atoms. The van der Waals surface area contributed by atoms with Crippen molar-refractivity contribution < 1.29 is 19.1 Å². The third kappa shape index (κ3) is 8.24. The lowest BCUT2D eigenvalue weighted by Gasteiger charge is -2.23. The number of nitrogens with zero attached hydrogens (tertiary/aromatic N) is 1. The first kappa shape index (κ1) is 26.4. The topological polar surface area (TPSA) is 67.9 Å². The largest absolute Gasteiger partial charge is 0.450 e. The zero-order valence-electron chi connectivity index (χ0n) is 19.6. The lowest BCUT2D eigenvalue weighted by Crippen LogP contribution is -2.43. The highest BCUT2D eigenvalue weighted by atomic mass is 79.9. The molecule has 6 nitrogen and oxygen atoms in total. The molecule has 32 heavy (non-hydrogen) atoms. The second-order valence-electron chi connectivity index (χ2n) is 8.32. The highest BCUT2D eigenvalue weighted by Crippen LogP contribution is 2.27. The predicted octanol–water partition coefficient (Wildman–Crippen LogP) is 5.68. The third-order valence-corrected chi connectivity index (χ3v) is 6.22. The number of benzene rings is 1. The number of amides is 2. The molecule has 1 aromatic rings. The van der Waals surface area contributed by atoms with E-state index in [0.717, 1.165) is 40.4 Å². The minimum Gasteiger partial charge on any atom is -0.450 e. The van der Waals surface area contributed by atoms with Crippen molar-refractivity contribution in [3.05, 3.63) is 40.4 Å². The predicted molar refractivity (Wildman–Crippen MR) is 131 cm³/mol. The van der Waals surface area contributed by atoms with Crippen molar-refractivity contribution in [1.29, 1.82) is 0 Å². The van der Waals surface area contributed by atoms with E-state index < -0.39 is 6.09 Å². The standard InChI is InChI=1S/C21H27BrN2O4.C4H10/c1-3-18-10-19-12-24(18)20(25)11-23-21(26)27-6-4-5-14(2)16-7-15(13-28-19)8-17(22)9-16;1-3-4-2/h7-9,18-19H,2-6,10-13H2,1H3,(H,23,26);3-4H2,1-2H3/t18?,19-;/m1./s1. The quantitative estimate of drug-likeness (QED) is 0.557. The van der Waals surface area contributed by atoms with Crippen LogP contribution in [0.1, 0.15) is 70.4 Å². The van der Waals surface area contributed by atoms with E-state index in [2.05, 4.69) is 54.7 Å². The maximum absolute atomic E-state index is 12.5. The highest BCUT2D eigenvalue weighted by Gasteiger charge is 2.34. The van der Waals surface area contributed by atoms with Gasteiger partial charge in [0.25, 0.3) is 0 Å². The molecule has 1 aromatic carbocycles. The molecular weight excluding hydrogens is 472 g/mol. The van der Waals surface area contributed by atoms with Crippen molar-refractivity contribution in [2.45, 2.75) is 78.0 Å². The van der Waals surface area contributed by atoms with Gasteiger partial charge in [0.05, 0.1) is 19.3 Å². The van der Waals surface area contributed by atoms with E-state index in [-0.39, 0.29) is 31.2 Å². The van der Waals surface area contributed by atoms with Gasteiger partial charge in [-0.25, -0.2) is 4.79 Å². The van der Waals surface area contributed by atoms with Crippen LogP contribution < -0.4 is 5.32 Å². The minimum absolute atomic E-state index is 0.0119. The molecule has 2 heterocycles. The van der Waals surface area contributed by atoms with Crippen LogP contribution in [0.4, 0.5) is 4.79 Å². The van der Waals surface area contributed by atoms with Crippen LogP contribution in [-0.4, -0.2) is 48.7 Å². The van der Waals surface area contributed by atoms with Crippen molar-refractivity contribution in [1.82, 2.24) is 10.2 Å². The van der Waals surface area contributed by atoms with Crippen molar-refractivity contribution in [3.8, 4) is 0 Å². The molecule has 2 amide bonds. The molecule has 4 bridgehead atoms. The van der Waals surface area contributed by atoms with Crippen molar-refractivity contribution >= 4 is 33.5 Å². The first-order valence-corrected chi connectivity index (χ1v) is 12.5. The maximum Gasteiger partial charge on any atom is 0.407 e. The van der Waals surface area contributed by atoms with Gasteiger partial charge in [-0.3, -0.25) is 4.79 Å². The average molecular weight is 509 g/mol. The van der Waals surface area contributed by atoms with Crippen molar-refractivity contribution in [2.75, 3.05) is 19.7 Å². The second kappa shape index (κ2) is 13.6. The number of nitrogens with one attached hydrogen (secondary N) is 1. The molecule has 178 valence electrons. The lowest BCUT2D eigenvalue weighted by atomic mass is 10.0. The number of unbranched alkanes of at least 4 members (excludes halogenated alkanes) is 1. The Morgan fingerprint density at radius 3 is 2.62 bits per heavy atom. The summed E-state index contributed by atoms with van der Waals surface area (Å²) < 4.78 is 12.3. The van der Waals surface area contributed by atoms with Gasteiger partial charge in [0.1, 0.15) is 6.54 Å². The molecule has 7 heteroatoms. The molecule has 2 atom stereocenters. The van der Waals surface area contributed by atoms with Crippen LogP contribution in [0.5, 0.6) is 0 Å². The second-order valence-corrected chi connectivity index (χ2v) is 9.24. The van der Waals surface area contributed by atoms with Crippen LogP contribution >= 0.6 is 15.9 Å². The number of hydrogen-bond donors (Lipinski definition) is 1. The molecular formula is C25H37BrN2O4. The van der Waals surface area contributed by atoms with E-state index in [9.17, 15) is 9.59 Å². The monoisotopic (exact) mass is 508 g/mol. The Morgan fingerprint density at radius 1 is 1.19 bits per heavy atom. The van der Waals surface area contributed by atoms with Gasteiger partial charge >= 0.3 is 6.09 Å². The molecule has 0 aliphatic carbocycles. The van der Waals surface area contributed by atoms with Crippen LogP contribution in [0.2, 0.25) is 0 Å². The molecule has 1 unspecified atom stereocenters. The summed E-state index contributed by atoms with van der Waals surface area (Å²) in [6, 6.07) is 6.31. The molecule has 1 fully saturated rings. The summed E-state index contributed by atoms with van der Waals surface area (Å²) in [7, 11) is 0. The molecule has 2 aliphatic rings. The van der Waals surface area contributed by atoms with Crippen molar-refractivity contribution in [2.24, 2.45) is 0 Å². The number of alkyl carbamates (subject to hydrolysis) is 1. The molecule has 0 aromatic heterocycles. The van der Waals surface area contributed by atoms with Gasteiger partial charge in [-0.15, -0.1) is 0 Å². The Kier molecular flexibility index (Phi) is 11.2. The van der Waals surface area contributed by atoms with Gasteiger partial charge in [0.15, 0.2) is 0 Å². The van der Waals surface area contributed by atoms with E-state index in [1.54, 1.807) is 0 Å². The summed E-state index contributed by atoms with van der Waals surface area (Å²) in [6.45, 7) is 11.9. The van der Waals surface area contributed by atoms with Gasteiger partial charge in [0.2, 0.25) is 5.91 Å². The summed E-state index contributed by atoms with van der Waals surface area (Å²) in [5.41, 5.74) is 3.11. The number of hydrogen-bond acceptors (Lipinski definition) is 4. The fourth-order valence-electron chi connectivity index (χ4n) is 3.73. The number of ether oxygens (including phenoxy) is 2. The Hall–Kier alpha value is -1.86. The number of fused-ring (bicyclic) bond motifs is 4. The van der Waals surface area contributed by atoms with Crippen LogP contribution in [-0.2, 0) is 20.9 Å². The fourth-order valence-corrected chi connectivity index (χ4v) is 4.27. The van der Waals surface area contributed by atoms with Crippen LogP contribution in [0.25, 0.3) is 5.57 Å². The van der Waals surface area contributed by atoms with Gasteiger partial charge in [0, 0.05) is 17.1 Å². The van der Waals surface area contributed by atoms with E-state index >= 15 is 0 Å².